The summed E-state index contributed by atoms with van der Waals surface area (Å²) in [5.74, 6) is 1.67. The standard InChI is InChI=1S/C9H20O2Si/c1-5-10-12(11-6-2)9-7(3)8(9)4/h7-9,12H,5-6H2,1-4H3. The zero-order valence-electron chi connectivity index (χ0n) is 8.54. The van der Waals surface area contributed by atoms with Crippen LogP contribution >= 0.6 is 0 Å². The molecule has 1 rings (SSSR count). The minimum Gasteiger partial charge on any atom is -0.397 e. The number of rotatable bonds is 5. The summed E-state index contributed by atoms with van der Waals surface area (Å²) in [6.45, 7) is 10.3. The maximum atomic E-state index is 5.66. The first-order chi connectivity index (χ1) is 5.72. The van der Waals surface area contributed by atoms with E-state index in [1.807, 2.05) is 0 Å². The van der Waals surface area contributed by atoms with Gasteiger partial charge in [0.1, 0.15) is 0 Å². The Balaban J connectivity index is 2.33. The molecule has 3 heteroatoms. The highest BCUT2D eigenvalue weighted by Gasteiger charge is 2.50. The maximum Gasteiger partial charge on any atom is 0.325 e. The smallest absolute Gasteiger partial charge is 0.325 e. The summed E-state index contributed by atoms with van der Waals surface area (Å²) in [6.07, 6.45) is 0. The first-order valence-corrected chi connectivity index (χ1v) is 6.56. The summed E-state index contributed by atoms with van der Waals surface area (Å²) in [6, 6.07) is 0. The van der Waals surface area contributed by atoms with Gasteiger partial charge in [0, 0.05) is 18.8 Å². The highest BCUT2D eigenvalue weighted by Crippen LogP contribution is 2.53. The Morgan fingerprint density at radius 1 is 1.00 bits per heavy atom. The average molecular weight is 188 g/mol. The van der Waals surface area contributed by atoms with Crippen molar-refractivity contribution in [3.63, 3.8) is 0 Å². The third kappa shape index (κ3) is 2.09. The van der Waals surface area contributed by atoms with Crippen molar-refractivity contribution in [2.75, 3.05) is 13.2 Å². The van der Waals surface area contributed by atoms with E-state index in [1.54, 1.807) is 0 Å². The Morgan fingerprint density at radius 3 is 1.67 bits per heavy atom. The van der Waals surface area contributed by atoms with E-state index in [4.69, 9.17) is 8.85 Å². The van der Waals surface area contributed by atoms with Crippen molar-refractivity contribution in [1.29, 1.82) is 0 Å². The molecule has 0 aromatic rings. The second-order valence-corrected chi connectivity index (χ2v) is 5.75. The minimum atomic E-state index is -1.31. The zero-order chi connectivity index (χ0) is 9.14. The Kier molecular flexibility index (Phi) is 3.74. The summed E-state index contributed by atoms with van der Waals surface area (Å²) < 4.78 is 11.3. The fraction of sp³-hybridized carbons (Fsp3) is 1.00. The van der Waals surface area contributed by atoms with E-state index >= 15 is 0 Å². The SMILES string of the molecule is CCO[SiH](OCC)C1C(C)C1C. The van der Waals surface area contributed by atoms with Gasteiger partial charge in [-0.3, -0.25) is 0 Å². The van der Waals surface area contributed by atoms with Crippen LogP contribution in [0.1, 0.15) is 27.7 Å². The van der Waals surface area contributed by atoms with Crippen LogP contribution < -0.4 is 0 Å². The van der Waals surface area contributed by atoms with E-state index in [-0.39, 0.29) is 0 Å². The first-order valence-electron chi connectivity index (χ1n) is 4.95. The van der Waals surface area contributed by atoms with Crippen molar-refractivity contribution < 1.29 is 8.85 Å². The lowest BCUT2D eigenvalue weighted by molar-refractivity contribution is 0.210. The van der Waals surface area contributed by atoms with Crippen molar-refractivity contribution in [1.82, 2.24) is 0 Å². The summed E-state index contributed by atoms with van der Waals surface area (Å²) in [7, 11) is -1.31. The fourth-order valence-corrected chi connectivity index (χ4v) is 4.56. The van der Waals surface area contributed by atoms with Gasteiger partial charge in [-0.2, -0.15) is 0 Å². The van der Waals surface area contributed by atoms with Crippen molar-refractivity contribution in [3.05, 3.63) is 0 Å². The van der Waals surface area contributed by atoms with Crippen LogP contribution in [0.15, 0.2) is 0 Å². The molecule has 0 bridgehead atoms. The molecule has 1 aliphatic carbocycles. The molecular weight excluding hydrogens is 168 g/mol. The van der Waals surface area contributed by atoms with Crippen LogP contribution in [0.5, 0.6) is 0 Å². The summed E-state index contributed by atoms with van der Waals surface area (Å²) in [5, 5.41) is 0. The predicted molar refractivity (Wildman–Crippen MR) is 52.5 cm³/mol. The summed E-state index contributed by atoms with van der Waals surface area (Å²) in [4.78, 5) is 0. The van der Waals surface area contributed by atoms with E-state index in [2.05, 4.69) is 27.7 Å². The molecule has 1 saturated carbocycles. The lowest BCUT2D eigenvalue weighted by Crippen LogP contribution is -2.24. The molecule has 2 nitrogen and oxygen atoms in total. The second kappa shape index (κ2) is 4.39. The first kappa shape index (κ1) is 10.2. The van der Waals surface area contributed by atoms with E-state index in [0.29, 0.717) is 0 Å². The van der Waals surface area contributed by atoms with Gasteiger partial charge in [-0.15, -0.1) is 0 Å². The number of hydrogen-bond acceptors (Lipinski definition) is 2. The van der Waals surface area contributed by atoms with Gasteiger partial charge in [0.15, 0.2) is 0 Å². The predicted octanol–water partition coefficient (Wildman–Crippen LogP) is 1.94. The van der Waals surface area contributed by atoms with Crippen LogP contribution in [0, 0.1) is 11.8 Å². The van der Waals surface area contributed by atoms with Crippen LogP contribution in [0.25, 0.3) is 0 Å². The van der Waals surface area contributed by atoms with Gasteiger partial charge in [-0.1, -0.05) is 13.8 Å². The molecule has 0 aromatic carbocycles. The highest BCUT2D eigenvalue weighted by atomic mass is 28.3. The molecule has 0 amide bonds. The van der Waals surface area contributed by atoms with Gasteiger partial charge in [0.2, 0.25) is 0 Å². The van der Waals surface area contributed by atoms with Gasteiger partial charge in [0.25, 0.3) is 0 Å². The average Bonchev–Trinajstić information content (AvgIpc) is 2.60. The molecule has 72 valence electrons. The van der Waals surface area contributed by atoms with Gasteiger partial charge in [-0.05, 0) is 25.7 Å². The quantitative estimate of drug-likeness (QED) is 0.614. The fourth-order valence-electron chi connectivity index (χ4n) is 1.80. The molecule has 12 heavy (non-hydrogen) atoms. The highest BCUT2D eigenvalue weighted by molar-refractivity contribution is 6.47. The summed E-state index contributed by atoms with van der Waals surface area (Å²) in [5.41, 5.74) is 0.768. The maximum absolute atomic E-state index is 5.66. The molecule has 0 spiro atoms. The third-order valence-corrected chi connectivity index (χ3v) is 6.05. The molecule has 0 aromatic heterocycles. The molecule has 0 aliphatic heterocycles. The van der Waals surface area contributed by atoms with Crippen LogP contribution in [-0.4, -0.2) is 22.5 Å². The van der Waals surface area contributed by atoms with Gasteiger partial charge >= 0.3 is 9.28 Å². The Morgan fingerprint density at radius 2 is 1.42 bits per heavy atom. The normalized spacial score (nSPS) is 34.2. The van der Waals surface area contributed by atoms with Crippen LogP contribution in [0.4, 0.5) is 0 Å². The molecule has 0 heterocycles. The van der Waals surface area contributed by atoms with Gasteiger partial charge in [0.05, 0.1) is 0 Å². The van der Waals surface area contributed by atoms with Crippen LogP contribution in [0.3, 0.4) is 0 Å². The van der Waals surface area contributed by atoms with E-state index in [9.17, 15) is 0 Å². The van der Waals surface area contributed by atoms with Crippen LogP contribution in [-0.2, 0) is 8.85 Å². The molecule has 2 unspecified atom stereocenters. The van der Waals surface area contributed by atoms with Crippen molar-refractivity contribution in [3.8, 4) is 0 Å². The van der Waals surface area contributed by atoms with E-state index in [1.165, 1.54) is 0 Å². The molecule has 0 radical (unpaired) electrons. The molecular formula is C9H20O2Si. The lowest BCUT2D eigenvalue weighted by Gasteiger charge is -2.14. The molecule has 1 aliphatic rings. The Labute approximate surface area is 77.1 Å². The molecule has 2 atom stereocenters. The topological polar surface area (TPSA) is 18.5 Å². The van der Waals surface area contributed by atoms with Crippen molar-refractivity contribution in [2.45, 2.75) is 33.2 Å². The third-order valence-electron chi connectivity index (χ3n) is 2.88. The summed E-state index contributed by atoms with van der Waals surface area (Å²) >= 11 is 0. The number of hydrogen-bond donors (Lipinski definition) is 0. The molecule has 0 saturated heterocycles. The molecule has 1 fully saturated rings. The van der Waals surface area contributed by atoms with Crippen LogP contribution in [0.2, 0.25) is 5.54 Å². The molecule has 0 N–H and O–H groups in total. The van der Waals surface area contributed by atoms with Gasteiger partial charge < -0.3 is 8.85 Å². The minimum absolute atomic E-state index is 0.768. The second-order valence-electron chi connectivity index (χ2n) is 3.57. The van der Waals surface area contributed by atoms with Gasteiger partial charge in [-0.25, -0.2) is 0 Å². The Bertz CT molecular complexity index is 126. The van der Waals surface area contributed by atoms with E-state index in [0.717, 1.165) is 30.6 Å². The van der Waals surface area contributed by atoms with E-state index < -0.39 is 9.28 Å². The zero-order valence-corrected chi connectivity index (χ0v) is 9.69. The monoisotopic (exact) mass is 188 g/mol. The van der Waals surface area contributed by atoms with Crippen molar-refractivity contribution >= 4 is 9.28 Å². The lowest BCUT2D eigenvalue weighted by atomic mass is 10.4. The largest absolute Gasteiger partial charge is 0.397 e. The Hall–Kier alpha value is 0.137. The van der Waals surface area contributed by atoms with Crippen molar-refractivity contribution in [2.24, 2.45) is 11.8 Å².